The van der Waals surface area contributed by atoms with E-state index in [-0.39, 0.29) is 11.9 Å². The lowest BCUT2D eigenvalue weighted by Gasteiger charge is -2.38. The first-order valence-electron chi connectivity index (χ1n) is 8.38. The summed E-state index contributed by atoms with van der Waals surface area (Å²) in [5, 5.41) is 0.786. The zero-order chi connectivity index (χ0) is 17.8. The molecule has 0 N–H and O–H groups in total. The quantitative estimate of drug-likeness (QED) is 0.840. The van der Waals surface area contributed by atoms with E-state index in [0.29, 0.717) is 24.5 Å². The fraction of sp³-hybridized carbons (Fsp3) is 0.368. The first-order chi connectivity index (χ1) is 12.1. The van der Waals surface area contributed by atoms with Crippen LogP contribution >= 0.6 is 11.6 Å². The average molecular weight is 360 g/mol. The molecule has 2 aromatic rings. The second-order valence-corrected chi connectivity index (χ2v) is 6.49. The molecule has 1 fully saturated rings. The number of carbonyl (C=O) groups is 1. The van der Waals surface area contributed by atoms with Gasteiger partial charge in [-0.2, -0.15) is 0 Å². The summed E-state index contributed by atoms with van der Waals surface area (Å²) in [7, 11) is 1.53. The number of nitrogens with zero attached hydrogens (tertiary/aromatic N) is 3. The van der Waals surface area contributed by atoms with E-state index in [1.807, 2.05) is 23.1 Å². The van der Waals surface area contributed by atoms with Crippen molar-refractivity contribution in [2.24, 2.45) is 0 Å². The molecule has 1 aromatic heterocycles. The van der Waals surface area contributed by atoms with Crippen molar-refractivity contribution >= 4 is 17.5 Å². The SMILES string of the molecule is COc1ncccc1C(=O)N1CCN(C(C)c2ccccc2Cl)CC1. The molecule has 0 radical (unpaired) electrons. The number of carbonyl (C=O) groups excluding carboxylic acids is 1. The number of ether oxygens (including phenoxy) is 1. The highest BCUT2D eigenvalue weighted by molar-refractivity contribution is 6.31. The molecule has 2 heterocycles. The van der Waals surface area contributed by atoms with Crippen LogP contribution in [0.5, 0.6) is 5.88 Å². The molecule has 0 aliphatic carbocycles. The minimum absolute atomic E-state index is 0.0324. The van der Waals surface area contributed by atoms with E-state index in [4.69, 9.17) is 16.3 Å². The van der Waals surface area contributed by atoms with Gasteiger partial charge in [0.1, 0.15) is 5.56 Å². The largest absolute Gasteiger partial charge is 0.480 e. The Hall–Kier alpha value is -2.11. The average Bonchev–Trinajstić information content (AvgIpc) is 2.67. The summed E-state index contributed by atoms with van der Waals surface area (Å²) in [6.45, 7) is 5.11. The molecule has 25 heavy (non-hydrogen) atoms. The molecule has 1 aliphatic rings. The number of methoxy groups -OCH3 is 1. The molecule has 1 atom stereocenters. The molecule has 1 aliphatic heterocycles. The van der Waals surface area contributed by atoms with Crippen LogP contribution in [0, 0.1) is 0 Å². The highest BCUT2D eigenvalue weighted by atomic mass is 35.5. The Morgan fingerprint density at radius 1 is 1.16 bits per heavy atom. The van der Waals surface area contributed by atoms with Crippen LogP contribution in [0.4, 0.5) is 0 Å². The number of benzene rings is 1. The highest BCUT2D eigenvalue weighted by Gasteiger charge is 2.27. The van der Waals surface area contributed by atoms with Gasteiger partial charge in [0.15, 0.2) is 0 Å². The molecule has 6 heteroatoms. The van der Waals surface area contributed by atoms with E-state index in [1.165, 1.54) is 7.11 Å². The molecule has 1 aromatic carbocycles. The highest BCUT2D eigenvalue weighted by Crippen LogP contribution is 2.28. The topological polar surface area (TPSA) is 45.7 Å². The van der Waals surface area contributed by atoms with Gasteiger partial charge in [-0.3, -0.25) is 9.69 Å². The Kier molecular flexibility index (Phi) is 5.56. The van der Waals surface area contributed by atoms with E-state index in [2.05, 4.69) is 22.9 Å². The maximum Gasteiger partial charge on any atom is 0.259 e. The van der Waals surface area contributed by atoms with Gasteiger partial charge in [0.05, 0.1) is 7.11 Å². The van der Waals surface area contributed by atoms with Crippen molar-refractivity contribution in [2.45, 2.75) is 13.0 Å². The van der Waals surface area contributed by atoms with Gasteiger partial charge < -0.3 is 9.64 Å². The van der Waals surface area contributed by atoms with Crippen LogP contribution in [-0.2, 0) is 0 Å². The third kappa shape index (κ3) is 3.78. The molecule has 0 bridgehead atoms. The van der Waals surface area contributed by atoms with Crippen LogP contribution in [0.25, 0.3) is 0 Å². The molecule has 1 amide bonds. The Labute approximate surface area is 153 Å². The van der Waals surface area contributed by atoms with E-state index < -0.39 is 0 Å². The van der Waals surface area contributed by atoms with Gasteiger partial charge in [0.25, 0.3) is 5.91 Å². The maximum atomic E-state index is 12.7. The summed E-state index contributed by atoms with van der Waals surface area (Å²) in [5.41, 5.74) is 1.63. The van der Waals surface area contributed by atoms with Crippen molar-refractivity contribution in [3.8, 4) is 5.88 Å². The summed E-state index contributed by atoms with van der Waals surface area (Å²) in [6.07, 6.45) is 1.62. The second kappa shape index (κ2) is 7.85. The Morgan fingerprint density at radius 3 is 2.56 bits per heavy atom. The summed E-state index contributed by atoms with van der Waals surface area (Å²) >= 11 is 6.32. The van der Waals surface area contributed by atoms with Gasteiger partial charge >= 0.3 is 0 Å². The van der Waals surface area contributed by atoms with Crippen LogP contribution in [0.2, 0.25) is 5.02 Å². The lowest BCUT2D eigenvalue weighted by atomic mass is 10.1. The third-order valence-corrected chi connectivity index (χ3v) is 5.04. The molecule has 1 saturated heterocycles. The fourth-order valence-electron chi connectivity index (χ4n) is 3.21. The molecule has 0 spiro atoms. The molecular weight excluding hydrogens is 338 g/mol. The number of hydrogen-bond acceptors (Lipinski definition) is 4. The van der Waals surface area contributed by atoms with Gasteiger partial charge in [-0.15, -0.1) is 0 Å². The summed E-state index contributed by atoms with van der Waals surface area (Å²) in [4.78, 5) is 21.1. The maximum absolute atomic E-state index is 12.7. The minimum Gasteiger partial charge on any atom is -0.480 e. The first kappa shape index (κ1) is 17.7. The number of hydrogen-bond donors (Lipinski definition) is 0. The van der Waals surface area contributed by atoms with Crippen LogP contribution < -0.4 is 4.74 Å². The van der Waals surface area contributed by atoms with E-state index in [9.17, 15) is 4.79 Å². The number of pyridine rings is 1. The molecule has 3 rings (SSSR count). The molecular formula is C19H22ClN3O2. The van der Waals surface area contributed by atoms with Crippen molar-refractivity contribution in [3.63, 3.8) is 0 Å². The monoisotopic (exact) mass is 359 g/mol. The molecule has 0 saturated carbocycles. The van der Waals surface area contributed by atoms with E-state index in [1.54, 1.807) is 18.3 Å². The fourth-order valence-corrected chi connectivity index (χ4v) is 3.50. The second-order valence-electron chi connectivity index (χ2n) is 6.09. The van der Waals surface area contributed by atoms with Crippen LogP contribution in [0.15, 0.2) is 42.6 Å². The smallest absolute Gasteiger partial charge is 0.259 e. The van der Waals surface area contributed by atoms with E-state index >= 15 is 0 Å². The zero-order valence-corrected chi connectivity index (χ0v) is 15.2. The molecule has 5 nitrogen and oxygen atoms in total. The summed E-state index contributed by atoms with van der Waals surface area (Å²) in [5.74, 6) is 0.342. The molecule has 132 valence electrons. The first-order valence-corrected chi connectivity index (χ1v) is 8.76. The van der Waals surface area contributed by atoms with Crippen molar-refractivity contribution in [2.75, 3.05) is 33.3 Å². The van der Waals surface area contributed by atoms with Crippen LogP contribution in [0.1, 0.15) is 28.9 Å². The lowest BCUT2D eigenvalue weighted by Crippen LogP contribution is -2.49. The Morgan fingerprint density at radius 2 is 1.88 bits per heavy atom. The third-order valence-electron chi connectivity index (χ3n) is 4.70. The van der Waals surface area contributed by atoms with Crippen molar-refractivity contribution in [1.82, 2.24) is 14.8 Å². The number of halogens is 1. The van der Waals surface area contributed by atoms with Crippen molar-refractivity contribution in [3.05, 3.63) is 58.7 Å². The van der Waals surface area contributed by atoms with Crippen molar-refractivity contribution < 1.29 is 9.53 Å². The predicted molar refractivity (Wildman–Crippen MR) is 98.1 cm³/mol. The zero-order valence-electron chi connectivity index (χ0n) is 14.5. The van der Waals surface area contributed by atoms with Crippen LogP contribution in [-0.4, -0.2) is 54.0 Å². The van der Waals surface area contributed by atoms with Crippen molar-refractivity contribution in [1.29, 1.82) is 0 Å². The summed E-state index contributed by atoms with van der Waals surface area (Å²) in [6, 6.07) is 11.7. The normalized spacial score (nSPS) is 16.5. The van der Waals surface area contributed by atoms with Gasteiger partial charge in [-0.05, 0) is 30.7 Å². The van der Waals surface area contributed by atoms with E-state index in [0.717, 1.165) is 23.7 Å². The molecule has 1 unspecified atom stereocenters. The summed E-state index contributed by atoms with van der Waals surface area (Å²) < 4.78 is 5.20. The number of aromatic nitrogens is 1. The lowest BCUT2D eigenvalue weighted by molar-refractivity contribution is 0.0578. The van der Waals surface area contributed by atoms with Gasteiger partial charge in [0, 0.05) is 43.4 Å². The standard InChI is InChI=1S/C19H22ClN3O2/c1-14(15-6-3-4-8-17(15)20)22-10-12-23(13-11-22)19(24)16-7-5-9-21-18(16)25-2/h3-9,14H,10-13H2,1-2H3. The Bertz CT molecular complexity index is 745. The van der Waals surface area contributed by atoms with Gasteiger partial charge in [-0.25, -0.2) is 4.98 Å². The van der Waals surface area contributed by atoms with Gasteiger partial charge in [0.2, 0.25) is 5.88 Å². The van der Waals surface area contributed by atoms with Crippen LogP contribution in [0.3, 0.4) is 0 Å². The number of rotatable bonds is 4. The minimum atomic E-state index is -0.0324. The van der Waals surface area contributed by atoms with Gasteiger partial charge in [-0.1, -0.05) is 29.8 Å². The Balaban J connectivity index is 1.66. The predicted octanol–water partition coefficient (Wildman–Crippen LogP) is 3.26. The number of piperazine rings is 1. The number of amides is 1.